The number of halogens is 3. The van der Waals surface area contributed by atoms with Gasteiger partial charge in [-0.05, 0) is 54.1 Å². The molecule has 0 atom stereocenters. The Morgan fingerprint density at radius 1 is 1.03 bits per heavy atom. The predicted molar refractivity (Wildman–Crippen MR) is 119 cm³/mol. The molecule has 0 radical (unpaired) electrons. The maximum absolute atomic E-state index is 13.8. The highest BCUT2D eigenvalue weighted by molar-refractivity contribution is 5.80. The third-order valence-corrected chi connectivity index (χ3v) is 5.51. The van der Waals surface area contributed by atoms with E-state index in [1.54, 1.807) is 24.4 Å². The van der Waals surface area contributed by atoms with Crippen LogP contribution in [-0.4, -0.2) is 34.1 Å². The monoisotopic (exact) mass is 484 g/mol. The number of alkyl halides is 3. The van der Waals surface area contributed by atoms with Gasteiger partial charge in [-0.1, -0.05) is 12.1 Å². The Morgan fingerprint density at radius 3 is 2.49 bits per heavy atom. The topological polar surface area (TPSA) is 82.8 Å². The lowest BCUT2D eigenvalue weighted by Gasteiger charge is -2.26. The fourth-order valence-electron chi connectivity index (χ4n) is 3.79. The lowest BCUT2D eigenvalue weighted by molar-refractivity contribution is -0.138. The number of rotatable bonds is 7. The van der Waals surface area contributed by atoms with Crippen LogP contribution in [0.5, 0.6) is 23.0 Å². The quantitative estimate of drug-likeness (QED) is 0.355. The number of aliphatic carboxylic acids is 1. The number of aromatic nitrogens is 2. The summed E-state index contributed by atoms with van der Waals surface area (Å²) in [6.07, 6.45) is -3.30. The maximum atomic E-state index is 13.8. The number of benzene rings is 3. The standard InChI is InChI=1S/C25H19F3N2O5/c26-25(27,28)21-11-20(5-7-23(21)35-18-3-1-2-15(8-18)9-24(31)32)34-19-4-6-22-16(10-19)12-29-30(22)17-13-33-14-17/h1-8,10-12,17H,9,13-14H2,(H,31,32). The first-order chi connectivity index (χ1) is 16.8. The Labute approximate surface area is 197 Å². The van der Waals surface area contributed by atoms with Crippen LogP contribution in [0.3, 0.4) is 0 Å². The van der Waals surface area contributed by atoms with Crippen molar-refractivity contribution in [2.24, 2.45) is 0 Å². The summed E-state index contributed by atoms with van der Waals surface area (Å²) in [5.41, 5.74) is 0.278. The molecule has 7 nitrogen and oxygen atoms in total. The lowest BCUT2D eigenvalue weighted by atomic mass is 10.1. The molecule has 0 spiro atoms. The van der Waals surface area contributed by atoms with Crippen LogP contribution in [0.25, 0.3) is 10.9 Å². The smallest absolute Gasteiger partial charge is 0.420 e. The van der Waals surface area contributed by atoms with Gasteiger partial charge in [0.05, 0.1) is 37.4 Å². The second kappa shape index (κ2) is 8.95. The fourth-order valence-corrected chi connectivity index (χ4v) is 3.79. The molecule has 0 saturated carbocycles. The highest BCUT2D eigenvalue weighted by atomic mass is 19.4. The van der Waals surface area contributed by atoms with Crippen molar-refractivity contribution >= 4 is 16.9 Å². The van der Waals surface area contributed by atoms with Crippen molar-refractivity contribution in [2.75, 3.05) is 13.2 Å². The minimum Gasteiger partial charge on any atom is -0.481 e. The summed E-state index contributed by atoms with van der Waals surface area (Å²) in [6.45, 7) is 1.18. The summed E-state index contributed by atoms with van der Waals surface area (Å²) in [5, 5.41) is 14.1. The molecular formula is C25H19F3N2O5. The van der Waals surface area contributed by atoms with Gasteiger partial charge in [0, 0.05) is 5.39 Å². The van der Waals surface area contributed by atoms with E-state index in [-0.39, 0.29) is 24.0 Å². The van der Waals surface area contributed by atoms with Crippen LogP contribution in [0, 0.1) is 0 Å². The Morgan fingerprint density at radius 2 is 1.77 bits per heavy atom. The van der Waals surface area contributed by atoms with Crippen LogP contribution in [0.2, 0.25) is 0 Å². The summed E-state index contributed by atoms with van der Waals surface area (Å²) in [5.74, 6) is -1.02. The van der Waals surface area contributed by atoms with Gasteiger partial charge < -0.3 is 19.3 Å². The highest BCUT2D eigenvalue weighted by Gasteiger charge is 2.35. The van der Waals surface area contributed by atoms with Gasteiger partial charge in [-0.15, -0.1) is 0 Å². The molecule has 0 aliphatic carbocycles. The number of carboxylic acid groups (broad SMARTS) is 1. The van der Waals surface area contributed by atoms with Crippen molar-refractivity contribution in [3.8, 4) is 23.0 Å². The zero-order valence-electron chi connectivity index (χ0n) is 18.2. The molecule has 2 heterocycles. The Balaban J connectivity index is 1.39. The van der Waals surface area contributed by atoms with Gasteiger partial charge in [-0.2, -0.15) is 18.3 Å². The van der Waals surface area contributed by atoms with E-state index in [0.717, 1.165) is 17.0 Å². The highest BCUT2D eigenvalue weighted by Crippen LogP contribution is 2.41. The minimum atomic E-state index is -4.71. The van der Waals surface area contributed by atoms with Crippen molar-refractivity contribution in [3.05, 3.63) is 78.0 Å². The number of hydrogen-bond acceptors (Lipinski definition) is 5. The molecule has 1 saturated heterocycles. The summed E-state index contributed by atoms with van der Waals surface area (Å²) >= 11 is 0. The van der Waals surface area contributed by atoms with Gasteiger partial charge in [-0.25, -0.2) is 0 Å². The fraction of sp³-hybridized carbons (Fsp3) is 0.200. The number of carbonyl (C=O) groups is 1. The van der Waals surface area contributed by atoms with Crippen LogP contribution in [-0.2, 0) is 22.1 Å². The Bertz CT molecular complexity index is 1400. The van der Waals surface area contributed by atoms with E-state index in [9.17, 15) is 18.0 Å². The van der Waals surface area contributed by atoms with E-state index in [1.807, 2.05) is 10.7 Å². The van der Waals surface area contributed by atoms with E-state index in [0.29, 0.717) is 24.5 Å². The average Bonchev–Trinajstić information content (AvgIpc) is 3.15. The Hall–Kier alpha value is -4.05. The van der Waals surface area contributed by atoms with Crippen molar-refractivity contribution in [3.63, 3.8) is 0 Å². The normalized spacial score (nSPS) is 14.0. The van der Waals surface area contributed by atoms with Crippen molar-refractivity contribution in [1.82, 2.24) is 9.78 Å². The second-order valence-electron chi connectivity index (χ2n) is 8.08. The van der Waals surface area contributed by atoms with Crippen LogP contribution in [0.4, 0.5) is 13.2 Å². The first-order valence-corrected chi connectivity index (χ1v) is 10.7. The van der Waals surface area contributed by atoms with Crippen molar-refractivity contribution < 1.29 is 37.3 Å². The van der Waals surface area contributed by atoms with Crippen molar-refractivity contribution in [2.45, 2.75) is 18.6 Å². The van der Waals surface area contributed by atoms with Gasteiger partial charge in [-0.3, -0.25) is 9.48 Å². The molecule has 1 aliphatic heterocycles. The van der Waals surface area contributed by atoms with Gasteiger partial charge in [0.2, 0.25) is 0 Å². The van der Waals surface area contributed by atoms with E-state index < -0.39 is 23.5 Å². The molecule has 1 fully saturated rings. The van der Waals surface area contributed by atoms with Crippen LogP contribution < -0.4 is 9.47 Å². The summed E-state index contributed by atoms with van der Waals surface area (Å²) in [6, 6.07) is 14.7. The second-order valence-corrected chi connectivity index (χ2v) is 8.08. The first-order valence-electron chi connectivity index (χ1n) is 10.7. The largest absolute Gasteiger partial charge is 0.481 e. The van der Waals surface area contributed by atoms with E-state index in [4.69, 9.17) is 19.3 Å². The van der Waals surface area contributed by atoms with E-state index in [1.165, 1.54) is 30.3 Å². The molecule has 3 aromatic carbocycles. The van der Waals surface area contributed by atoms with Gasteiger partial charge >= 0.3 is 12.1 Å². The molecule has 0 amide bonds. The molecular weight excluding hydrogens is 465 g/mol. The lowest BCUT2D eigenvalue weighted by Crippen LogP contribution is -2.31. The zero-order valence-corrected chi connectivity index (χ0v) is 18.2. The van der Waals surface area contributed by atoms with E-state index in [2.05, 4.69) is 5.10 Å². The predicted octanol–water partition coefficient (Wildman–Crippen LogP) is 5.84. The molecule has 0 unspecified atom stereocenters. The molecule has 1 aliphatic rings. The molecule has 180 valence electrons. The average molecular weight is 484 g/mol. The van der Waals surface area contributed by atoms with Crippen LogP contribution >= 0.6 is 0 Å². The third-order valence-electron chi connectivity index (χ3n) is 5.51. The van der Waals surface area contributed by atoms with Crippen LogP contribution in [0.1, 0.15) is 17.2 Å². The number of carboxylic acids is 1. The van der Waals surface area contributed by atoms with Gasteiger partial charge in [0.25, 0.3) is 0 Å². The van der Waals surface area contributed by atoms with Crippen molar-refractivity contribution in [1.29, 1.82) is 0 Å². The summed E-state index contributed by atoms with van der Waals surface area (Å²) < 4.78 is 59.7. The molecule has 5 rings (SSSR count). The van der Waals surface area contributed by atoms with E-state index >= 15 is 0 Å². The van der Waals surface area contributed by atoms with Gasteiger partial charge in [0.15, 0.2) is 0 Å². The maximum Gasteiger partial charge on any atom is 0.420 e. The van der Waals surface area contributed by atoms with Gasteiger partial charge in [0.1, 0.15) is 28.6 Å². The molecule has 35 heavy (non-hydrogen) atoms. The minimum absolute atomic E-state index is 0.0107. The molecule has 4 aromatic rings. The number of nitrogens with zero attached hydrogens (tertiary/aromatic N) is 2. The molecule has 1 N–H and O–H groups in total. The first kappa shape index (κ1) is 22.7. The number of ether oxygens (including phenoxy) is 3. The molecule has 10 heteroatoms. The number of fused-ring (bicyclic) bond motifs is 1. The summed E-state index contributed by atoms with van der Waals surface area (Å²) in [7, 11) is 0. The van der Waals surface area contributed by atoms with Crippen LogP contribution in [0.15, 0.2) is 66.9 Å². The Kier molecular flexibility index (Phi) is 5.81. The third kappa shape index (κ3) is 4.92. The summed E-state index contributed by atoms with van der Waals surface area (Å²) in [4.78, 5) is 10.9. The molecule has 1 aromatic heterocycles. The SMILES string of the molecule is O=C(O)Cc1cccc(Oc2ccc(Oc3ccc4c(cnn4C4COC4)c3)cc2C(F)(F)F)c1. The zero-order chi connectivity index (χ0) is 24.6. The molecule has 0 bridgehead atoms. The number of hydrogen-bond donors (Lipinski definition) is 1.